The topological polar surface area (TPSA) is 45.9 Å². The fourth-order valence-electron chi connectivity index (χ4n) is 0.762. The first-order valence-corrected chi connectivity index (χ1v) is 4.14. The number of pyridine rings is 1. The Kier molecular flexibility index (Phi) is 3.14. The third-order valence-electron chi connectivity index (χ3n) is 1.22. The summed E-state index contributed by atoms with van der Waals surface area (Å²) in [5.41, 5.74) is -0.779. The van der Waals surface area contributed by atoms with Crippen molar-refractivity contribution in [3.8, 4) is 11.8 Å². The molecule has 0 spiro atoms. The Morgan fingerprint density at radius 1 is 1.47 bits per heavy atom. The van der Waals surface area contributed by atoms with Crippen molar-refractivity contribution in [2.24, 2.45) is 0 Å². The zero-order valence-corrected chi connectivity index (χ0v) is 8.36. The van der Waals surface area contributed by atoms with Gasteiger partial charge in [0.05, 0.1) is 4.47 Å². The van der Waals surface area contributed by atoms with Crippen molar-refractivity contribution in [1.29, 1.82) is 5.26 Å². The van der Waals surface area contributed by atoms with Gasteiger partial charge in [-0.3, -0.25) is 0 Å². The second-order valence-corrected chi connectivity index (χ2v) is 3.12. The Hall–Kier alpha value is -1.36. The van der Waals surface area contributed by atoms with Crippen LogP contribution in [0.4, 0.5) is 17.6 Å². The maximum atomic E-state index is 12.6. The lowest BCUT2D eigenvalue weighted by atomic mass is 10.3. The Bertz CT molecular complexity index is 426. The summed E-state index contributed by atoms with van der Waals surface area (Å²) in [6.07, 6.45) is -4.96. The monoisotopic (exact) mass is 284 g/mol. The predicted molar refractivity (Wildman–Crippen MR) is 43.3 cm³/mol. The fraction of sp³-hybridized carbons (Fsp3) is 0.143. The predicted octanol–water partition coefficient (Wildman–Crippen LogP) is 2.75. The minimum absolute atomic E-state index is 0.330. The minimum Gasteiger partial charge on any atom is -0.401 e. The van der Waals surface area contributed by atoms with E-state index in [-0.39, 0.29) is 4.47 Å². The number of nitriles is 1. The molecule has 8 heteroatoms. The van der Waals surface area contributed by atoms with Crippen LogP contribution in [0, 0.1) is 17.3 Å². The first-order chi connectivity index (χ1) is 6.83. The first kappa shape index (κ1) is 11.7. The molecular formula is C7HBrF4N2O. The van der Waals surface area contributed by atoms with Crippen LogP contribution in [0.1, 0.15) is 5.69 Å². The summed E-state index contributed by atoms with van der Waals surface area (Å²) in [5, 5.41) is 8.42. The molecule has 0 saturated carbocycles. The standard InChI is InChI=1S/C7HBrF4N2O/c8-3-1-5(9)14-4(2-13)6(3)15-7(10,11)12/h1H. The van der Waals surface area contributed by atoms with Crippen LogP contribution in [0.2, 0.25) is 0 Å². The highest BCUT2D eigenvalue weighted by Crippen LogP contribution is 2.32. The summed E-state index contributed by atoms with van der Waals surface area (Å²) >= 11 is 2.64. The number of hydrogen-bond acceptors (Lipinski definition) is 3. The van der Waals surface area contributed by atoms with Gasteiger partial charge in [-0.25, -0.2) is 4.98 Å². The fourth-order valence-corrected chi connectivity index (χ4v) is 1.22. The third-order valence-corrected chi connectivity index (χ3v) is 1.81. The quantitative estimate of drug-likeness (QED) is 0.588. The molecule has 0 bridgehead atoms. The third kappa shape index (κ3) is 3.06. The van der Waals surface area contributed by atoms with Crippen LogP contribution in [0.15, 0.2) is 10.5 Å². The minimum atomic E-state index is -4.96. The summed E-state index contributed by atoms with van der Waals surface area (Å²) in [6.45, 7) is 0. The molecule has 15 heavy (non-hydrogen) atoms. The van der Waals surface area contributed by atoms with Crippen molar-refractivity contribution in [1.82, 2.24) is 4.98 Å². The van der Waals surface area contributed by atoms with Gasteiger partial charge < -0.3 is 4.74 Å². The summed E-state index contributed by atoms with van der Waals surface area (Å²) in [7, 11) is 0. The SMILES string of the molecule is N#Cc1nc(F)cc(Br)c1OC(F)(F)F. The molecule has 0 aliphatic rings. The summed E-state index contributed by atoms with van der Waals surface area (Å²) in [5.74, 6) is -1.93. The molecule has 1 rings (SSSR count). The van der Waals surface area contributed by atoms with Crippen LogP contribution in [0.5, 0.6) is 5.75 Å². The lowest BCUT2D eigenvalue weighted by Crippen LogP contribution is -2.18. The molecule has 80 valence electrons. The molecule has 0 atom stereocenters. The average Bonchev–Trinajstić information content (AvgIpc) is 2.07. The van der Waals surface area contributed by atoms with Gasteiger partial charge >= 0.3 is 6.36 Å². The maximum absolute atomic E-state index is 12.6. The molecule has 0 saturated heterocycles. The summed E-state index contributed by atoms with van der Waals surface area (Å²) in [4.78, 5) is 2.95. The molecule has 0 fully saturated rings. The van der Waals surface area contributed by atoms with E-state index < -0.39 is 23.8 Å². The molecule has 0 N–H and O–H groups in total. The molecule has 0 aromatic carbocycles. The van der Waals surface area contributed by atoms with Crippen molar-refractivity contribution < 1.29 is 22.3 Å². The van der Waals surface area contributed by atoms with Gasteiger partial charge in [0.15, 0.2) is 11.4 Å². The van der Waals surface area contributed by atoms with Crippen LogP contribution in [0.25, 0.3) is 0 Å². The van der Waals surface area contributed by atoms with Crippen LogP contribution in [-0.4, -0.2) is 11.3 Å². The van der Waals surface area contributed by atoms with Gasteiger partial charge in [-0.2, -0.15) is 9.65 Å². The van der Waals surface area contributed by atoms with E-state index in [1.165, 1.54) is 6.07 Å². The van der Waals surface area contributed by atoms with E-state index in [1.807, 2.05) is 0 Å². The average molecular weight is 285 g/mol. The number of rotatable bonds is 1. The van der Waals surface area contributed by atoms with Gasteiger partial charge in [0, 0.05) is 6.07 Å². The van der Waals surface area contributed by atoms with E-state index in [0.717, 1.165) is 0 Å². The van der Waals surface area contributed by atoms with Gasteiger partial charge in [0.1, 0.15) is 6.07 Å². The lowest BCUT2D eigenvalue weighted by Gasteiger charge is -2.10. The highest BCUT2D eigenvalue weighted by atomic mass is 79.9. The number of alkyl halides is 3. The molecule has 0 radical (unpaired) electrons. The number of hydrogen-bond donors (Lipinski definition) is 0. The Labute approximate surface area is 89.4 Å². The van der Waals surface area contributed by atoms with Crippen molar-refractivity contribution in [3.05, 3.63) is 22.2 Å². The van der Waals surface area contributed by atoms with E-state index in [2.05, 4.69) is 25.7 Å². The Balaban J connectivity index is 3.23. The van der Waals surface area contributed by atoms with Gasteiger partial charge in [-0.1, -0.05) is 0 Å². The second kappa shape index (κ2) is 4.02. The lowest BCUT2D eigenvalue weighted by molar-refractivity contribution is -0.275. The first-order valence-electron chi connectivity index (χ1n) is 3.35. The van der Waals surface area contributed by atoms with E-state index in [4.69, 9.17) is 5.26 Å². The normalized spacial score (nSPS) is 10.9. The number of ether oxygens (including phenoxy) is 1. The molecule has 0 aliphatic carbocycles. The van der Waals surface area contributed by atoms with E-state index in [0.29, 0.717) is 6.07 Å². The van der Waals surface area contributed by atoms with Gasteiger partial charge in [0.25, 0.3) is 0 Å². The highest BCUT2D eigenvalue weighted by molar-refractivity contribution is 9.10. The van der Waals surface area contributed by atoms with Gasteiger partial charge in [-0.05, 0) is 15.9 Å². The van der Waals surface area contributed by atoms with Crippen LogP contribution in [-0.2, 0) is 0 Å². The van der Waals surface area contributed by atoms with Crippen LogP contribution >= 0.6 is 15.9 Å². The highest BCUT2D eigenvalue weighted by Gasteiger charge is 2.33. The van der Waals surface area contributed by atoms with Gasteiger partial charge in [0.2, 0.25) is 5.95 Å². The van der Waals surface area contributed by atoms with E-state index >= 15 is 0 Å². The molecule has 1 aromatic rings. The Morgan fingerprint density at radius 2 is 2.07 bits per heavy atom. The van der Waals surface area contributed by atoms with Crippen molar-refractivity contribution in [3.63, 3.8) is 0 Å². The largest absolute Gasteiger partial charge is 0.573 e. The maximum Gasteiger partial charge on any atom is 0.573 e. The number of halogens is 5. The Morgan fingerprint density at radius 3 is 2.53 bits per heavy atom. The zero-order valence-electron chi connectivity index (χ0n) is 6.77. The molecule has 0 amide bonds. The number of nitrogens with zero attached hydrogens (tertiary/aromatic N) is 2. The summed E-state index contributed by atoms with van der Waals surface area (Å²) < 4.78 is 51.4. The molecule has 1 heterocycles. The molecule has 3 nitrogen and oxygen atoms in total. The van der Waals surface area contributed by atoms with Crippen molar-refractivity contribution in [2.45, 2.75) is 6.36 Å². The number of aromatic nitrogens is 1. The molecule has 1 aromatic heterocycles. The van der Waals surface area contributed by atoms with Crippen molar-refractivity contribution in [2.75, 3.05) is 0 Å². The molecular weight excluding hydrogens is 284 g/mol. The van der Waals surface area contributed by atoms with Crippen LogP contribution < -0.4 is 4.74 Å². The van der Waals surface area contributed by atoms with Crippen molar-refractivity contribution >= 4 is 15.9 Å². The van der Waals surface area contributed by atoms with E-state index in [9.17, 15) is 17.6 Å². The summed E-state index contributed by atoms with van der Waals surface area (Å²) in [6, 6.07) is 1.96. The van der Waals surface area contributed by atoms with E-state index in [1.54, 1.807) is 0 Å². The molecule has 0 aliphatic heterocycles. The zero-order chi connectivity index (χ0) is 11.6. The smallest absolute Gasteiger partial charge is 0.401 e. The van der Waals surface area contributed by atoms with Crippen LogP contribution in [0.3, 0.4) is 0 Å². The molecule has 0 unspecified atom stereocenters. The second-order valence-electron chi connectivity index (χ2n) is 2.26. The van der Waals surface area contributed by atoms with Gasteiger partial charge in [-0.15, -0.1) is 13.2 Å².